The van der Waals surface area contributed by atoms with E-state index in [1.54, 1.807) is 6.92 Å². The summed E-state index contributed by atoms with van der Waals surface area (Å²) in [5.41, 5.74) is -0.248. The number of nitrogens with zero attached hydrogens (tertiary/aromatic N) is 1. The molecule has 90 valence electrons. The van der Waals surface area contributed by atoms with E-state index in [1.165, 1.54) is 0 Å². The minimum absolute atomic E-state index is 0.0721. The maximum Gasteiger partial charge on any atom is 0.415 e. The van der Waals surface area contributed by atoms with Gasteiger partial charge in [0, 0.05) is 18.6 Å². The molecule has 0 aromatic heterocycles. The van der Waals surface area contributed by atoms with E-state index in [9.17, 15) is 13.2 Å². The average Bonchev–Trinajstić information content (AvgIpc) is 1.99. The van der Waals surface area contributed by atoms with Crippen LogP contribution in [-0.2, 0) is 4.74 Å². The first-order valence-electron chi connectivity index (χ1n) is 5.08. The summed E-state index contributed by atoms with van der Waals surface area (Å²) in [5.74, 6) is 0. The molecule has 0 bridgehead atoms. The standard InChI is InChI=1S/C10H18F3NO/c1-7-5-14(9(2,3)4)6-8(15-7)10(11,12)13/h7-8H,5-6H2,1-4H3/t7-,8-/m1/s1. The molecule has 0 unspecified atom stereocenters. The van der Waals surface area contributed by atoms with E-state index in [0.29, 0.717) is 6.54 Å². The Morgan fingerprint density at radius 1 is 1.13 bits per heavy atom. The van der Waals surface area contributed by atoms with Gasteiger partial charge in [-0.15, -0.1) is 0 Å². The first kappa shape index (κ1) is 12.8. The van der Waals surface area contributed by atoms with Crippen molar-refractivity contribution in [2.45, 2.75) is 51.6 Å². The number of rotatable bonds is 0. The van der Waals surface area contributed by atoms with E-state index in [1.807, 2.05) is 25.7 Å². The average molecular weight is 225 g/mol. The summed E-state index contributed by atoms with van der Waals surface area (Å²) in [5, 5.41) is 0. The Morgan fingerprint density at radius 2 is 1.67 bits per heavy atom. The molecule has 0 saturated carbocycles. The number of ether oxygens (including phenoxy) is 1. The molecule has 1 heterocycles. The Balaban J connectivity index is 2.73. The van der Waals surface area contributed by atoms with E-state index in [4.69, 9.17) is 4.74 Å². The maximum atomic E-state index is 12.5. The molecular weight excluding hydrogens is 207 g/mol. The molecule has 0 amide bonds. The minimum Gasteiger partial charge on any atom is -0.363 e. The van der Waals surface area contributed by atoms with Crippen molar-refractivity contribution in [1.29, 1.82) is 0 Å². The molecule has 0 N–H and O–H groups in total. The summed E-state index contributed by atoms with van der Waals surface area (Å²) in [6, 6.07) is 0. The highest BCUT2D eigenvalue weighted by Gasteiger charge is 2.46. The molecule has 0 spiro atoms. The van der Waals surface area contributed by atoms with E-state index < -0.39 is 12.3 Å². The van der Waals surface area contributed by atoms with E-state index in [2.05, 4.69) is 0 Å². The monoisotopic (exact) mass is 225 g/mol. The molecule has 0 aromatic rings. The fraction of sp³-hybridized carbons (Fsp3) is 1.00. The molecule has 5 heteroatoms. The van der Waals surface area contributed by atoms with E-state index in [-0.39, 0.29) is 18.2 Å². The fourth-order valence-electron chi connectivity index (χ4n) is 1.68. The lowest BCUT2D eigenvalue weighted by Gasteiger charge is -2.44. The zero-order chi connectivity index (χ0) is 11.9. The number of alkyl halides is 3. The molecule has 2 nitrogen and oxygen atoms in total. The van der Waals surface area contributed by atoms with Gasteiger partial charge in [-0.1, -0.05) is 0 Å². The van der Waals surface area contributed by atoms with Crippen LogP contribution in [0.1, 0.15) is 27.7 Å². The van der Waals surface area contributed by atoms with Crippen molar-refractivity contribution in [2.24, 2.45) is 0 Å². The van der Waals surface area contributed by atoms with Crippen LogP contribution in [0.3, 0.4) is 0 Å². The van der Waals surface area contributed by atoms with E-state index in [0.717, 1.165) is 0 Å². The number of hydrogen-bond acceptors (Lipinski definition) is 2. The van der Waals surface area contributed by atoms with Crippen molar-refractivity contribution in [1.82, 2.24) is 4.90 Å². The van der Waals surface area contributed by atoms with Crippen LogP contribution in [0.5, 0.6) is 0 Å². The third kappa shape index (κ3) is 3.34. The quantitative estimate of drug-likeness (QED) is 0.628. The molecule has 2 atom stereocenters. The molecular formula is C10H18F3NO. The molecule has 1 aliphatic rings. The SMILES string of the molecule is C[C@@H]1CN(C(C)(C)C)C[C@H](C(F)(F)F)O1. The second-order valence-corrected chi connectivity index (χ2v) is 5.05. The van der Waals surface area contributed by atoms with Gasteiger partial charge in [0.2, 0.25) is 0 Å². The first-order valence-corrected chi connectivity index (χ1v) is 5.08. The second-order valence-electron chi connectivity index (χ2n) is 5.05. The van der Waals surface area contributed by atoms with Crippen molar-refractivity contribution in [3.63, 3.8) is 0 Å². The lowest BCUT2D eigenvalue weighted by Crippen LogP contribution is -2.57. The molecule has 0 aromatic carbocycles. The van der Waals surface area contributed by atoms with Crippen LogP contribution < -0.4 is 0 Å². The molecule has 1 aliphatic heterocycles. The Kier molecular flexibility index (Phi) is 3.36. The van der Waals surface area contributed by atoms with Crippen LogP contribution in [-0.4, -0.2) is 41.9 Å². The number of morpholine rings is 1. The Morgan fingerprint density at radius 3 is 2.07 bits per heavy atom. The number of hydrogen-bond donors (Lipinski definition) is 0. The van der Waals surface area contributed by atoms with Crippen LogP contribution in [0, 0.1) is 0 Å². The predicted molar refractivity (Wildman–Crippen MR) is 51.7 cm³/mol. The summed E-state index contributed by atoms with van der Waals surface area (Å²) >= 11 is 0. The van der Waals surface area contributed by atoms with Crippen LogP contribution in [0.2, 0.25) is 0 Å². The Bertz CT molecular complexity index is 200. The molecule has 15 heavy (non-hydrogen) atoms. The summed E-state index contributed by atoms with van der Waals surface area (Å²) in [7, 11) is 0. The van der Waals surface area contributed by atoms with Gasteiger partial charge in [-0.25, -0.2) is 0 Å². The van der Waals surface area contributed by atoms with Crippen LogP contribution in [0.15, 0.2) is 0 Å². The second kappa shape index (κ2) is 3.94. The number of halogens is 3. The first-order chi connectivity index (χ1) is 6.60. The third-order valence-electron chi connectivity index (χ3n) is 2.57. The van der Waals surface area contributed by atoms with Crippen molar-refractivity contribution >= 4 is 0 Å². The summed E-state index contributed by atoms with van der Waals surface area (Å²) in [6.45, 7) is 7.90. The summed E-state index contributed by atoms with van der Waals surface area (Å²) < 4.78 is 42.5. The molecule has 1 saturated heterocycles. The zero-order valence-corrected chi connectivity index (χ0v) is 9.56. The summed E-state index contributed by atoms with van der Waals surface area (Å²) in [4.78, 5) is 1.82. The maximum absolute atomic E-state index is 12.5. The van der Waals surface area contributed by atoms with Gasteiger partial charge in [-0.05, 0) is 27.7 Å². The van der Waals surface area contributed by atoms with Gasteiger partial charge < -0.3 is 4.74 Å². The van der Waals surface area contributed by atoms with Crippen molar-refractivity contribution in [3.05, 3.63) is 0 Å². The highest BCUT2D eigenvalue weighted by molar-refractivity contribution is 4.87. The normalized spacial score (nSPS) is 30.6. The van der Waals surface area contributed by atoms with Gasteiger partial charge in [0.25, 0.3) is 0 Å². The summed E-state index contributed by atoms with van der Waals surface area (Å²) in [6.07, 6.45) is -6.29. The van der Waals surface area contributed by atoms with Gasteiger partial charge in [0.15, 0.2) is 6.10 Å². The Hall–Kier alpha value is -0.290. The lowest BCUT2D eigenvalue weighted by atomic mass is 10.0. The largest absolute Gasteiger partial charge is 0.415 e. The van der Waals surface area contributed by atoms with Gasteiger partial charge >= 0.3 is 6.18 Å². The van der Waals surface area contributed by atoms with Gasteiger partial charge in [-0.3, -0.25) is 4.90 Å². The van der Waals surface area contributed by atoms with Crippen molar-refractivity contribution < 1.29 is 17.9 Å². The molecule has 0 radical (unpaired) electrons. The predicted octanol–water partition coefficient (Wildman–Crippen LogP) is 2.44. The van der Waals surface area contributed by atoms with Crippen molar-refractivity contribution in [2.75, 3.05) is 13.1 Å². The van der Waals surface area contributed by atoms with Crippen LogP contribution in [0.25, 0.3) is 0 Å². The van der Waals surface area contributed by atoms with Gasteiger partial charge in [-0.2, -0.15) is 13.2 Å². The molecule has 1 rings (SSSR count). The third-order valence-corrected chi connectivity index (χ3v) is 2.57. The highest BCUT2D eigenvalue weighted by Crippen LogP contribution is 2.30. The smallest absolute Gasteiger partial charge is 0.363 e. The van der Waals surface area contributed by atoms with Gasteiger partial charge in [0.05, 0.1) is 6.10 Å². The molecule has 1 fully saturated rings. The lowest BCUT2D eigenvalue weighted by molar-refractivity contribution is -0.256. The van der Waals surface area contributed by atoms with Crippen LogP contribution in [0.4, 0.5) is 13.2 Å². The highest BCUT2D eigenvalue weighted by atomic mass is 19.4. The Labute approximate surface area is 88.4 Å². The van der Waals surface area contributed by atoms with E-state index >= 15 is 0 Å². The zero-order valence-electron chi connectivity index (χ0n) is 9.56. The molecule has 0 aliphatic carbocycles. The topological polar surface area (TPSA) is 12.5 Å². The van der Waals surface area contributed by atoms with Crippen LogP contribution >= 0.6 is 0 Å². The fourth-order valence-corrected chi connectivity index (χ4v) is 1.68. The minimum atomic E-state index is -4.27. The van der Waals surface area contributed by atoms with Gasteiger partial charge in [0.1, 0.15) is 0 Å². The van der Waals surface area contributed by atoms with Crippen molar-refractivity contribution in [3.8, 4) is 0 Å².